The van der Waals surface area contributed by atoms with Gasteiger partial charge in [0.2, 0.25) is 0 Å². The van der Waals surface area contributed by atoms with Gasteiger partial charge in [0.25, 0.3) is 5.91 Å². The van der Waals surface area contributed by atoms with Crippen LogP contribution in [-0.2, 0) is 11.3 Å². The normalized spacial score (nSPS) is 25.7. The molecule has 1 aliphatic carbocycles. The smallest absolute Gasteiger partial charge is 0.256 e. The van der Waals surface area contributed by atoms with E-state index >= 15 is 0 Å². The summed E-state index contributed by atoms with van der Waals surface area (Å²) in [6.45, 7) is 4.16. The number of hydrogen-bond donors (Lipinski definition) is 3. The van der Waals surface area contributed by atoms with Gasteiger partial charge in [-0.3, -0.25) is 4.79 Å². The van der Waals surface area contributed by atoms with E-state index in [0.717, 1.165) is 37.7 Å². The Morgan fingerprint density at radius 2 is 1.92 bits per heavy atom. The molecule has 26 heavy (non-hydrogen) atoms. The Kier molecular flexibility index (Phi) is 6.00. The van der Waals surface area contributed by atoms with Gasteiger partial charge in [-0.15, -0.1) is 0 Å². The van der Waals surface area contributed by atoms with Crippen LogP contribution in [-0.4, -0.2) is 51.9 Å². The van der Waals surface area contributed by atoms with E-state index < -0.39 is 11.2 Å². The largest absolute Gasteiger partial charge is 0.390 e. The lowest BCUT2D eigenvalue weighted by atomic mass is 9.91. The number of likely N-dealkylation sites (tertiary alicyclic amines) is 1. The molecule has 1 aliphatic heterocycles. The molecule has 2 aliphatic rings. The molecule has 1 aromatic rings. The van der Waals surface area contributed by atoms with E-state index in [1.54, 1.807) is 4.90 Å². The molecule has 1 amide bonds. The van der Waals surface area contributed by atoms with E-state index in [-0.39, 0.29) is 12.5 Å². The maximum Gasteiger partial charge on any atom is 0.256 e. The van der Waals surface area contributed by atoms with Crippen molar-refractivity contribution in [3.8, 4) is 0 Å². The average molecular weight is 360 g/mol. The Bertz CT molecular complexity index is 627. The van der Waals surface area contributed by atoms with Crippen LogP contribution in [0.1, 0.15) is 56.1 Å². The predicted molar refractivity (Wildman–Crippen MR) is 102 cm³/mol. The second-order valence-electron chi connectivity index (χ2n) is 8.21. The zero-order chi connectivity index (χ0) is 18.6. The lowest BCUT2D eigenvalue weighted by molar-refractivity contribution is -0.157. The molecule has 1 aromatic carbocycles. The van der Waals surface area contributed by atoms with Crippen molar-refractivity contribution >= 4 is 5.91 Å². The third kappa shape index (κ3) is 4.64. The number of aliphatic hydroxyl groups is 2. The maximum absolute atomic E-state index is 12.8. The van der Waals surface area contributed by atoms with Crippen LogP contribution < -0.4 is 5.32 Å². The van der Waals surface area contributed by atoms with Gasteiger partial charge in [-0.1, -0.05) is 42.7 Å². The molecule has 144 valence electrons. The third-order valence-electron chi connectivity index (χ3n) is 5.88. The first-order valence-electron chi connectivity index (χ1n) is 9.91. The molecule has 1 unspecified atom stereocenters. The Morgan fingerprint density at radius 3 is 2.65 bits per heavy atom. The van der Waals surface area contributed by atoms with Crippen LogP contribution in [0.3, 0.4) is 0 Å². The summed E-state index contributed by atoms with van der Waals surface area (Å²) in [6.07, 6.45) is 5.89. The summed E-state index contributed by atoms with van der Waals surface area (Å²) in [6, 6.07) is 8.15. The van der Waals surface area contributed by atoms with E-state index in [1.165, 1.54) is 5.56 Å². The van der Waals surface area contributed by atoms with Crippen LogP contribution in [0.5, 0.6) is 0 Å². The standard InChI is InChI=1S/C21H32N2O3/c1-17-6-4-7-18(14-17)15-23-13-5-10-21(26,19(23)24)16-22-12-11-20(25)8-2-3-9-20/h4,6-7,14,22,25-26H,2-3,5,8-13,15-16H2,1H3. The quantitative estimate of drug-likeness (QED) is 0.652. The van der Waals surface area contributed by atoms with Crippen molar-refractivity contribution in [3.05, 3.63) is 35.4 Å². The number of aryl methyl sites for hydroxylation is 1. The zero-order valence-electron chi connectivity index (χ0n) is 15.8. The van der Waals surface area contributed by atoms with Gasteiger partial charge in [0.1, 0.15) is 0 Å². The second-order valence-corrected chi connectivity index (χ2v) is 8.21. The molecule has 1 atom stereocenters. The second kappa shape index (κ2) is 8.07. The summed E-state index contributed by atoms with van der Waals surface area (Å²) in [4.78, 5) is 14.6. The van der Waals surface area contributed by atoms with E-state index in [9.17, 15) is 15.0 Å². The van der Waals surface area contributed by atoms with Crippen molar-refractivity contribution < 1.29 is 15.0 Å². The summed E-state index contributed by atoms with van der Waals surface area (Å²) < 4.78 is 0. The van der Waals surface area contributed by atoms with Gasteiger partial charge in [-0.2, -0.15) is 0 Å². The molecule has 0 bridgehead atoms. The molecular formula is C21H32N2O3. The predicted octanol–water partition coefficient (Wildman–Crippen LogP) is 2.13. The molecule has 0 radical (unpaired) electrons. The van der Waals surface area contributed by atoms with Crippen LogP contribution in [0, 0.1) is 6.92 Å². The average Bonchev–Trinajstić information content (AvgIpc) is 3.03. The van der Waals surface area contributed by atoms with Crippen molar-refractivity contribution in [2.45, 2.75) is 69.6 Å². The summed E-state index contributed by atoms with van der Waals surface area (Å²) in [5, 5.41) is 24.5. The Morgan fingerprint density at radius 1 is 1.15 bits per heavy atom. The first kappa shape index (κ1) is 19.3. The number of nitrogens with one attached hydrogen (secondary N) is 1. The minimum Gasteiger partial charge on any atom is -0.390 e. The number of rotatable bonds is 7. The number of amides is 1. The minimum absolute atomic E-state index is 0.183. The lowest BCUT2D eigenvalue weighted by Gasteiger charge is -2.38. The summed E-state index contributed by atoms with van der Waals surface area (Å²) in [5.74, 6) is -0.183. The molecule has 1 saturated heterocycles. The highest BCUT2D eigenvalue weighted by molar-refractivity contribution is 5.86. The molecule has 3 rings (SSSR count). The van der Waals surface area contributed by atoms with Crippen molar-refractivity contribution in [3.63, 3.8) is 0 Å². The first-order chi connectivity index (χ1) is 12.4. The van der Waals surface area contributed by atoms with Crippen LogP contribution in [0.15, 0.2) is 24.3 Å². The zero-order valence-corrected chi connectivity index (χ0v) is 15.8. The van der Waals surface area contributed by atoms with Crippen LogP contribution in [0.4, 0.5) is 0 Å². The summed E-state index contributed by atoms with van der Waals surface area (Å²) in [7, 11) is 0. The number of carbonyl (C=O) groups is 1. The SMILES string of the molecule is Cc1cccc(CN2CCCC(O)(CNCCC3(O)CCCC3)C2=O)c1. The number of piperidine rings is 1. The monoisotopic (exact) mass is 360 g/mol. The van der Waals surface area contributed by atoms with E-state index in [0.29, 0.717) is 32.5 Å². The van der Waals surface area contributed by atoms with Crippen LogP contribution in [0.25, 0.3) is 0 Å². The van der Waals surface area contributed by atoms with E-state index in [4.69, 9.17) is 0 Å². The van der Waals surface area contributed by atoms with Gasteiger partial charge < -0.3 is 20.4 Å². The molecule has 0 spiro atoms. The first-order valence-corrected chi connectivity index (χ1v) is 9.91. The van der Waals surface area contributed by atoms with Crippen molar-refractivity contribution in [2.75, 3.05) is 19.6 Å². The molecule has 2 fully saturated rings. The van der Waals surface area contributed by atoms with Crippen molar-refractivity contribution in [1.82, 2.24) is 10.2 Å². The Balaban J connectivity index is 1.52. The Labute approximate surface area is 156 Å². The summed E-state index contributed by atoms with van der Waals surface area (Å²) >= 11 is 0. The molecule has 1 saturated carbocycles. The van der Waals surface area contributed by atoms with Crippen molar-refractivity contribution in [2.24, 2.45) is 0 Å². The lowest BCUT2D eigenvalue weighted by Crippen LogP contribution is -2.57. The highest BCUT2D eigenvalue weighted by atomic mass is 16.3. The molecule has 3 N–H and O–H groups in total. The van der Waals surface area contributed by atoms with E-state index in [2.05, 4.69) is 11.4 Å². The molecule has 5 heteroatoms. The summed E-state index contributed by atoms with van der Waals surface area (Å²) in [5.41, 5.74) is 0.386. The topological polar surface area (TPSA) is 72.8 Å². The highest BCUT2D eigenvalue weighted by Gasteiger charge is 2.42. The number of hydrogen-bond acceptors (Lipinski definition) is 4. The maximum atomic E-state index is 12.8. The van der Waals surface area contributed by atoms with Crippen molar-refractivity contribution in [1.29, 1.82) is 0 Å². The van der Waals surface area contributed by atoms with Gasteiger partial charge in [-0.25, -0.2) is 0 Å². The van der Waals surface area contributed by atoms with Gasteiger partial charge in [0, 0.05) is 19.6 Å². The molecule has 1 heterocycles. The fourth-order valence-electron chi connectivity index (χ4n) is 4.31. The van der Waals surface area contributed by atoms with Crippen LogP contribution in [0.2, 0.25) is 0 Å². The van der Waals surface area contributed by atoms with Gasteiger partial charge in [-0.05, 0) is 51.1 Å². The minimum atomic E-state index is -1.33. The number of benzene rings is 1. The molecule has 0 aromatic heterocycles. The van der Waals surface area contributed by atoms with Gasteiger partial charge in [0.05, 0.1) is 5.60 Å². The number of carbonyl (C=O) groups excluding carboxylic acids is 1. The highest BCUT2D eigenvalue weighted by Crippen LogP contribution is 2.32. The van der Waals surface area contributed by atoms with Gasteiger partial charge >= 0.3 is 0 Å². The fraction of sp³-hybridized carbons (Fsp3) is 0.667. The third-order valence-corrected chi connectivity index (χ3v) is 5.88. The fourth-order valence-corrected chi connectivity index (χ4v) is 4.31. The molecule has 5 nitrogen and oxygen atoms in total. The van der Waals surface area contributed by atoms with E-state index in [1.807, 2.05) is 25.1 Å². The Hall–Kier alpha value is -1.43. The number of nitrogens with zero attached hydrogens (tertiary/aromatic N) is 1. The van der Waals surface area contributed by atoms with Gasteiger partial charge in [0.15, 0.2) is 5.60 Å². The van der Waals surface area contributed by atoms with Crippen LogP contribution >= 0.6 is 0 Å². The molecular weight excluding hydrogens is 328 g/mol.